The Morgan fingerprint density at radius 3 is 1.53 bits per heavy atom. The Hall–Kier alpha value is -2.72. The predicted octanol–water partition coefficient (Wildman–Crippen LogP) is -4.70. The maximum Gasteiger partial charge on any atom is 0.187 e. The number of rotatable bonds is 25. The summed E-state index contributed by atoms with van der Waals surface area (Å²) >= 11 is 0. The van der Waals surface area contributed by atoms with Crippen LogP contribution in [0.15, 0.2) is 12.4 Å². The molecule has 0 radical (unpaired) electrons. The van der Waals surface area contributed by atoms with Crippen LogP contribution in [0.25, 0.3) is 0 Å². The van der Waals surface area contributed by atoms with E-state index in [0.717, 1.165) is 51.4 Å². The van der Waals surface area contributed by atoms with Crippen LogP contribution in [0.4, 0.5) is 0 Å². The molecular weight excluding hydrogens is 1180 g/mol. The van der Waals surface area contributed by atoms with E-state index in [9.17, 15) is 76.6 Å². The fraction of sp³-hybridized carbons (Fsp3) is 0.931. The van der Waals surface area contributed by atoms with E-state index in [1.54, 1.807) is 21.8 Å². The average Bonchev–Trinajstić information content (AvgIpc) is 1.68. The largest absolute Gasteiger partial charge is 0.394 e. The molecule has 4 saturated heterocycles. The SMILES string of the molecule is CCC[C@@H](C)[C@H]1CC[C@H]2[C@@H]3[C@H](OCCn4cc(CO[C@@H]5OC(CO)[C@@H](O[C@H]6OC(CO)[C@@H](O)[C@H](O)C6O)[C@H](O)C5O)nn4)C[C@@H]4C[C@H](O)CC[C@]4(C)[C@H]3C[C@H](OCCn3cc(CO[C@@H]4OC(CO)[C@@H](O[C@H]5OC(CO)[C@@H](O)[C@H](O)C5O)[C@H](O)C4O)nn3)[C@]12C. The normalized spacial score (nSPS) is 46.3. The smallest absolute Gasteiger partial charge is 0.187 e. The minimum atomic E-state index is -1.80. The second-order valence-electron chi connectivity index (χ2n) is 26.6. The van der Waals surface area contributed by atoms with Crippen LogP contribution in [-0.2, 0) is 73.7 Å². The van der Waals surface area contributed by atoms with Gasteiger partial charge in [-0.3, -0.25) is 0 Å². The van der Waals surface area contributed by atoms with Gasteiger partial charge in [0.05, 0.1) is 96.7 Å². The fourth-order valence-corrected chi connectivity index (χ4v) is 16.5. The van der Waals surface area contributed by atoms with Crippen LogP contribution in [0.2, 0.25) is 0 Å². The van der Waals surface area contributed by atoms with Gasteiger partial charge in [0.1, 0.15) is 109 Å². The molecule has 0 amide bonds. The van der Waals surface area contributed by atoms with Crippen LogP contribution in [0.5, 0.6) is 0 Å². The summed E-state index contributed by atoms with van der Waals surface area (Å²) in [5, 5.41) is 174. The minimum absolute atomic E-state index is 0.0658. The van der Waals surface area contributed by atoms with Gasteiger partial charge in [0, 0.05) is 5.41 Å². The van der Waals surface area contributed by atoms with E-state index in [1.165, 1.54) is 0 Å². The molecule has 4 aliphatic carbocycles. The molecular formula is C58H96N6O25. The van der Waals surface area contributed by atoms with E-state index < -0.39 is 155 Å². The summed E-state index contributed by atoms with van der Waals surface area (Å²) in [5.74, 6) is 1.79. The predicted molar refractivity (Wildman–Crippen MR) is 298 cm³/mol. The minimum Gasteiger partial charge on any atom is -0.394 e. The highest BCUT2D eigenvalue weighted by Crippen LogP contribution is 2.69. The lowest BCUT2D eigenvalue weighted by molar-refractivity contribution is -0.360. The molecule has 0 aromatic carbocycles. The highest BCUT2D eigenvalue weighted by molar-refractivity contribution is 5.15. The zero-order valence-corrected chi connectivity index (χ0v) is 50.8. The van der Waals surface area contributed by atoms with Crippen molar-refractivity contribution in [3.8, 4) is 0 Å². The third-order valence-corrected chi connectivity index (χ3v) is 21.4. The van der Waals surface area contributed by atoms with Gasteiger partial charge in [0.2, 0.25) is 0 Å². The molecule has 2 aromatic heterocycles. The van der Waals surface area contributed by atoms with Crippen molar-refractivity contribution in [2.24, 2.45) is 46.3 Å². The third-order valence-electron chi connectivity index (χ3n) is 21.4. The van der Waals surface area contributed by atoms with E-state index in [1.807, 2.05) is 0 Å². The number of fused-ring (bicyclic) bond motifs is 5. The Morgan fingerprint density at radius 1 is 0.551 bits per heavy atom. The van der Waals surface area contributed by atoms with Crippen molar-refractivity contribution in [2.75, 3.05) is 39.6 Å². The lowest BCUT2D eigenvalue weighted by atomic mass is 9.43. The Kier molecular flexibility index (Phi) is 22.9. The number of aliphatic hydroxyl groups excluding tert-OH is 15. The van der Waals surface area contributed by atoms with Crippen molar-refractivity contribution in [1.29, 1.82) is 0 Å². The van der Waals surface area contributed by atoms with Gasteiger partial charge in [-0.15, -0.1) is 10.2 Å². The van der Waals surface area contributed by atoms with Crippen LogP contribution < -0.4 is 0 Å². The first kappa shape index (κ1) is 69.1. The summed E-state index contributed by atoms with van der Waals surface area (Å²) in [5.41, 5.74) is 0.488. The number of aromatic nitrogens is 6. The van der Waals surface area contributed by atoms with Crippen molar-refractivity contribution in [1.82, 2.24) is 30.0 Å². The molecule has 508 valence electrons. The number of hydrogen-bond donors (Lipinski definition) is 15. The lowest BCUT2D eigenvalue weighted by Gasteiger charge is -2.64. The molecule has 8 unspecified atom stereocenters. The van der Waals surface area contributed by atoms with Crippen LogP contribution >= 0.6 is 0 Å². The Labute approximate surface area is 515 Å². The van der Waals surface area contributed by atoms with E-state index in [2.05, 4.69) is 48.3 Å². The summed E-state index contributed by atoms with van der Waals surface area (Å²) in [7, 11) is 0. The molecule has 15 N–H and O–H groups in total. The van der Waals surface area contributed by atoms with Gasteiger partial charge >= 0.3 is 0 Å². The molecule has 4 aliphatic heterocycles. The zero-order valence-electron chi connectivity index (χ0n) is 50.8. The molecule has 8 aliphatic rings. The van der Waals surface area contributed by atoms with Crippen molar-refractivity contribution in [2.45, 2.75) is 253 Å². The van der Waals surface area contributed by atoms with Crippen LogP contribution in [-0.4, -0.2) is 287 Å². The second-order valence-corrected chi connectivity index (χ2v) is 26.6. The van der Waals surface area contributed by atoms with Crippen LogP contribution in [0.3, 0.4) is 0 Å². The Morgan fingerprint density at radius 2 is 1.03 bits per heavy atom. The van der Waals surface area contributed by atoms with Gasteiger partial charge in [0.15, 0.2) is 25.2 Å². The maximum absolute atomic E-state index is 11.1. The highest BCUT2D eigenvalue weighted by Gasteiger charge is 2.67. The first-order valence-electron chi connectivity index (χ1n) is 31.7. The molecule has 89 heavy (non-hydrogen) atoms. The molecule has 0 bridgehead atoms. The molecule has 31 atom stereocenters. The van der Waals surface area contributed by atoms with E-state index in [-0.39, 0.29) is 59.9 Å². The van der Waals surface area contributed by atoms with Crippen molar-refractivity contribution < 1.29 is 124 Å². The maximum atomic E-state index is 11.1. The molecule has 4 saturated carbocycles. The summed E-state index contributed by atoms with van der Waals surface area (Å²) in [6.45, 7) is 7.54. The first-order chi connectivity index (χ1) is 42.6. The third kappa shape index (κ3) is 14.0. The van der Waals surface area contributed by atoms with Gasteiger partial charge in [-0.05, 0) is 85.9 Å². The van der Waals surface area contributed by atoms with Crippen LogP contribution in [0, 0.1) is 46.3 Å². The number of aliphatic hydroxyl groups is 15. The first-order valence-corrected chi connectivity index (χ1v) is 31.7. The van der Waals surface area contributed by atoms with Crippen LogP contribution in [0.1, 0.15) is 96.9 Å². The monoisotopic (exact) mass is 1280 g/mol. The summed E-state index contributed by atoms with van der Waals surface area (Å²) in [6, 6.07) is 0. The molecule has 10 rings (SSSR count). The highest BCUT2D eigenvalue weighted by atomic mass is 16.8. The Bertz CT molecular complexity index is 2520. The van der Waals surface area contributed by atoms with E-state index in [0.29, 0.717) is 55.9 Å². The fourth-order valence-electron chi connectivity index (χ4n) is 16.5. The van der Waals surface area contributed by atoms with Crippen molar-refractivity contribution in [3.63, 3.8) is 0 Å². The second kappa shape index (κ2) is 29.5. The molecule has 2 aromatic rings. The summed E-state index contributed by atoms with van der Waals surface area (Å²) in [4.78, 5) is 0. The number of hydrogen-bond acceptors (Lipinski definition) is 29. The average molecular weight is 1280 g/mol. The van der Waals surface area contributed by atoms with Crippen molar-refractivity contribution in [3.05, 3.63) is 23.8 Å². The van der Waals surface area contributed by atoms with E-state index >= 15 is 0 Å². The lowest BCUT2D eigenvalue weighted by Crippen LogP contribution is -2.64. The van der Waals surface area contributed by atoms with Gasteiger partial charge in [-0.2, -0.15) is 0 Å². The molecule has 8 fully saturated rings. The van der Waals surface area contributed by atoms with Gasteiger partial charge < -0.3 is 124 Å². The Balaban J connectivity index is 0.753. The van der Waals surface area contributed by atoms with Gasteiger partial charge in [0.25, 0.3) is 0 Å². The molecule has 6 heterocycles. The van der Waals surface area contributed by atoms with Gasteiger partial charge in [-0.25, -0.2) is 9.36 Å². The van der Waals surface area contributed by atoms with Crippen molar-refractivity contribution >= 4 is 0 Å². The standard InChI is InChI=1S/C58H96N6O25/c1-5-6-26(2)31-7-8-32-40-33(17-39(58(31,32)4)81-14-12-64-19-29(60-62-64)25-83-54-50(79)46(75)52(38(23-68)87-54)89-56-48(77)44(73)42(71)36(21-66)85-56)57(3)10-9-30(69)15-27(57)16-34(40)80-13-11-63-18-28(59-61-63)24-82-53-49(78)45(74)51(37(22-67)86-53)88-55-47(76)43(72)41(70)35(20-65)84-55/h18-19,26-27,30-56,65-79H,5-17,20-25H2,1-4H3/t26-,27+,30-,31-,32+,33+,34-,35?,36?,37?,38?,39+,40+,41-,42-,43+,44+,45-,46-,47?,48?,49?,50?,51-,52-,53-,54-,55-,56-,57+,58-/m1/s1. The number of ether oxygens (including phenoxy) is 10. The van der Waals surface area contributed by atoms with Gasteiger partial charge in [-0.1, -0.05) is 51.0 Å². The topological polar surface area (TPSA) is 457 Å². The summed E-state index contributed by atoms with van der Waals surface area (Å²) < 4.78 is 62.9. The molecule has 0 spiro atoms. The number of nitrogens with zero attached hydrogens (tertiary/aromatic N) is 6. The molecule has 31 heteroatoms. The zero-order chi connectivity index (χ0) is 63.8. The molecule has 31 nitrogen and oxygen atoms in total. The van der Waals surface area contributed by atoms with E-state index in [4.69, 9.17) is 47.4 Å². The summed E-state index contributed by atoms with van der Waals surface area (Å²) in [6.07, 6.45) is -20.8. The quantitative estimate of drug-likeness (QED) is 0.0444.